The number of hydrogen-bond acceptors (Lipinski definition) is 4. The Kier molecular flexibility index (Phi) is 7.85. The predicted octanol–water partition coefficient (Wildman–Crippen LogP) is 3.75. The number of rotatable bonds is 6. The number of likely N-dealkylation sites (tertiary alicyclic amines) is 1. The molecule has 1 unspecified atom stereocenters. The number of benzene rings is 1. The Labute approximate surface area is 162 Å². The van der Waals surface area contributed by atoms with Gasteiger partial charge in [-0.2, -0.15) is 0 Å². The summed E-state index contributed by atoms with van der Waals surface area (Å²) >= 11 is 5.57. The van der Waals surface area contributed by atoms with Crippen LogP contribution in [0.5, 0.6) is 0 Å². The molecule has 5 nitrogen and oxygen atoms in total. The molecule has 0 bridgehead atoms. The molecule has 0 radical (unpaired) electrons. The largest absolute Gasteiger partial charge is 0.462 e. The first-order valence-electron chi connectivity index (χ1n) is 9.51. The molecule has 0 spiro atoms. The average molecular weight is 378 g/mol. The summed E-state index contributed by atoms with van der Waals surface area (Å²) in [6, 6.07) is 8.50. The van der Waals surface area contributed by atoms with Gasteiger partial charge in [0.15, 0.2) is 5.11 Å². The van der Waals surface area contributed by atoms with Crippen molar-refractivity contribution in [3.63, 3.8) is 0 Å². The fourth-order valence-electron chi connectivity index (χ4n) is 3.23. The smallest absolute Gasteiger partial charge is 0.338 e. The summed E-state index contributed by atoms with van der Waals surface area (Å²) in [5.41, 5.74) is 1.44. The van der Waals surface area contributed by atoms with Gasteiger partial charge in [0, 0.05) is 30.9 Å². The van der Waals surface area contributed by atoms with Gasteiger partial charge in [0.25, 0.3) is 0 Å². The van der Waals surface area contributed by atoms with Gasteiger partial charge in [0.2, 0.25) is 0 Å². The van der Waals surface area contributed by atoms with Crippen molar-refractivity contribution in [2.24, 2.45) is 0 Å². The van der Waals surface area contributed by atoms with E-state index in [4.69, 9.17) is 17.0 Å². The van der Waals surface area contributed by atoms with E-state index in [0.29, 0.717) is 24.3 Å². The molecule has 0 saturated carbocycles. The van der Waals surface area contributed by atoms with Crippen LogP contribution >= 0.6 is 12.2 Å². The highest BCUT2D eigenvalue weighted by Crippen LogP contribution is 2.20. The summed E-state index contributed by atoms with van der Waals surface area (Å²) in [4.78, 5) is 16.4. The van der Waals surface area contributed by atoms with E-state index in [1.165, 1.54) is 6.42 Å². The first-order valence-corrected chi connectivity index (χ1v) is 9.92. The van der Waals surface area contributed by atoms with Crippen molar-refractivity contribution < 1.29 is 9.53 Å². The summed E-state index contributed by atoms with van der Waals surface area (Å²) in [6.45, 7) is 8.65. The van der Waals surface area contributed by atoms with Crippen LogP contribution in [0.15, 0.2) is 24.3 Å². The Balaban J connectivity index is 1.84. The van der Waals surface area contributed by atoms with Gasteiger partial charge in [-0.25, -0.2) is 4.79 Å². The Hall–Kier alpha value is -1.66. The minimum Gasteiger partial charge on any atom is -0.462 e. The second-order valence-corrected chi connectivity index (χ2v) is 7.26. The first-order chi connectivity index (χ1) is 12.5. The summed E-state index contributed by atoms with van der Waals surface area (Å²) in [7, 11) is 2.23. The molecule has 1 heterocycles. The third-order valence-electron chi connectivity index (χ3n) is 5.26. The normalized spacial score (nSPS) is 16.4. The lowest BCUT2D eigenvalue weighted by Gasteiger charge is -2.40. The number of carbonyl (C=O) groups excluding carboxylic acids is 1. The molecule has 1 aromatic rings. The highest BCUT2D eigenvalue weighted by Gasteiger charge is 2.25. The van der Waals surface area contributed by atoms with Crippen LogP contribution < -0.4 is 5.32 Å². The zero-order valence-corrected chi connectivity index (χ0v) is 17.1. The van der Waals surface area contributed by atoms with Crippen molar-refractivity contribution in [1.29, 1.82) is 0 Å². The zero-order valence-electron chi connectivity index (χ0n) is 16.3. The van der Waals surface area contributed by atoms with Gasteiger partial charge in [-0.1, -0.05) is 6.92 Å². The Morgan fingerprint density at radius 2 is 1.92 bits per heavy atom. The number of nitrogens with one attached hydrogen (secondary N) is 1. The summed E-state index contributed by atoms with van der Waals surface area (Å²) in [5.74, 6) is -0.297. The van der Waals surface area contributed by atoms with Gasteiger partial charge in [-0.15, -0.1) is 0 Å². The fourth-order valence-corrected chi connectivity index (χ4v) is 3.53. The lowest BCUT2D eigenvalue weighted by molar-refractivity contribution is 0.0526. The topological polar surface area (TPSA) is 44.8 Å². The van der Waals surface area contributed by atoms with Crippen LogP contribution in [-0.4, -0.2) is 59.7 Å². The van der Waals surface area contributed by atoms with Crippen LogP contribution in [0.1, 0.15) is 50.4 Å². The number of esters is 1. The lowest BCUT2D eigenvalue weighted by Crippen LogP contribution is -2.48. The van der Waals surface area contributed by atoms with Crippen LogP contribution in [0.2, 0.25) is 0 Å². The molecule has 1 aliphatic rings. The predicted molar refractivity (Wildman–Crippen MR) is 111 cm³/mol. The van der Waals surface area contributed by atoms with Gasteiger partial charge in [-0.05, 0) is 76.6 Å². The van der Waals surface area contributed by atoms with E-state index >= 15 is 0 Å². The summed E-state index contributed by atoms with van der Waals surface area (Å²) < 4.78 is 5.00. The van der Waals surface area contributed by atoms with E-state index < -0.39 is 0 Å². The van der Waals surface area contributed by atoms with Crippen LogP contribution in [0, 0.1) is 0 Å². The summed E-state index contributed by atoms with van der Waals surface area (Å²) in [5, 5.41) is 4.03. The Bertz CT molecular complexity index is 598. The average Bonchev–Trinajstić information content (AvgIpc) is 2.67. The number of nitrogens with zero attached hydrogens (tertiary/aromatic N) is 2. The monoisotopic (exact) mass is 377 g/mol. The number of ether oxygens (including phenoxy) is 1. The van der Waals surface area contributed by atoms with Crippen LogP contribution in [0.25, 0.3) is 0 Å². The molecule has 0 aromatic heterocycles. The molecule has 1 saturated heterocycles. The van der Waals surface area contributed by atoms with Gasteiger partial charge in [0.05, 0.1) is 12.2 Å². The molecular formula is C20H31N3O2S. The quantitative estimate of drug-likeness (QED) is 0.602. The molecule has 1 atom stereocenters. The standard InChI is InChI=1S/C20H31N3O2S/c1-5-15(3)22(4)18-11-13-23(14-12-18)20(26)21-17-9-7-16(8-10-17)19(24)25-6-2/h7-10,15,18H,5-6,11-14H2,1-4H3,(H,21,26). The van der Waals surface area contributed by atoms with E-state index in [2.05, 4.69) is 36.0 Å². The van der Waals surface area contributed by atoms with E-state index in [0.717, 1.165) is 36.7 Å². The zero-order chi connectivity index (χ0) is 19.1. The maximum atomic E-state index is 11.7. The molecule has 2 rings (SSSR count). The van der Waals surface area contributed by atoms with Crippen LogP contribution in [0.3, 0.4) is 0 Å². The minimum absolute atomic E-state index is 0.297. The number of thiocarbonyl (C=S) groups is 1. The third kappa shape index (κ3) is 5.42. The maximum absolute atomic E-state index is 11.7. The van der Waals surface area contributed by atoms with E-state index in [9.17, 15) is 4.79 Å². The molecule has 0 aliphatic carbocycles. The fraction of sp³-hybridized carbons (Fsp3) is 0.600. The van der Waals surface area contributed by atoms with Crippen molar-refractivity contribution >= 4 is 29.0 Å². The molecule has 6 heteroatoms. The molecule has 1 N–H and O–H groups in total. The third-order valence-corrected chi connectivity index (χ3v) is 5.62. The SMILES string of the molecule is CCOC(=O)c1ccc(NC(=S)N2CCC(N(C)C(C)CC)CC2)cc1. The van der Waals surface area contributed by atoms with Crippen molar-refractivity contribution in [2.75, 3.05) is 32.1 Å². The second-order valence-electron chi connectivity index (χ2n) is 6.87. The first kappa shape index (κ1) is 20.6. The van der Waals surface area contributed by atoms with E-state index in [1.807, 2.05) is 12.1 Å². The molecule has 1 aromatic carbocycles. The molecule has 26 heavy (non-hydrogen) atoms. The van der Waals surface area contributed by atoms with Gasteiger partial charge < -0.3 is 19.9 Å². The van der Waals surface area contributed by atoms with Crippen molar-refractivity contribution in [3.05, 3.63) is 29.8 Å². The minimum atomic E-state index is -0.297. The van der Waals surface area contributed by atoms with Crippen LogP contribution in [-0.2, 0) is 4.74 Å². The lowest BCUT2D eigenvalue weighted by atomic mass is 10.0. The highest BCUT2D eigenvalue weighted by molar-refractivity contribution is 7.80. The maximum Gasteiger partial charge on any atom is 0.338 e. The molecular weight excluding hydrogens is 346 g/mol. The number of anilines is 1. The van der Waals surface area contributed by atoms with E-state index in [1.54, 1.807) is 19.1 Å². The van der Waals surface area contributed by atoms with Crippen molar-refractivity contribution in [3.8, 4) is 0 Å². The molecule has 1 fully saturated rings. The number of hydrogen-bond donors (Lipinski definition) is 1. The molecule has 0 amide bonds. The Morgan fingerprint density at radius 1 is 1.31 bits per heavy atom. The van der Waals surface area contributed by atoms with Gasteiger partial charge >= 0.3 is 5.97 Å². The number of carbonyl (C=O) groups is 1. The highest BCUT2D eigenvalue weighted by atomic mass is 32.1. The van der Waals surface area contributed by atoms with Crippen molar-refractivity contribution in [2.45, 2.75) is 52.1 Å². The molecule has 1 aliphatic heterocycles. The molecule has 144 valence electrons. The van der Waals surface area contributed by atoms with Crippen LogP contribution in [0.4, 0.5) is 5.69 Å². The second kappa shape index (κ2) is 9.88. The van der Waals surface area contributed by atoms with E-state index in [-0.39, 0.29) is 5.97 Å². The van der Waals surface area contributed by atoms with Gasteiger partial charge in [-0.3, -0.25) is 0 Å². The van der Waals surface area contributed by atoms with Crippen molar-refractivity contribution in [1.82, 2.24) is 9.80 Å². The summed E-state index contributed by atoms with van der Waals surface area (Å²) in [6.07, 6.45) is 3.44. The number of piperidine rings is 1. The Morgan fingerprint density at radius 3 is 2.46 bits per heavy atom. The van der Waals surface area contributed by atoms with Gasteiger partial charge in [0.1, 0.15) is 0 Å².